The number of rotatable bonds is 4. The fourth-order valence-electron chi connectivity index (χ4n) is 2.96. The van der Waals surface area contributed by atoms with E-state index in [1.54, 1.807) is 0 Å². The molecule has 0 bridgehead atoms. The van der Waals surface area contributed by atoms with E-state index in [0.29, 0.717) is 6.04 Å². The van der Waals surface area contributed by atoms with Crippen molar-refractivity contribution in [2.45, 2.75) is 12.5 Å². The first-order chi connectivity index (χ1) is 9.38. The molecule has 0 radical (unpaired) electrons. The largest absolute Gasteiger partial charge is 0.396 e. The van der Waals surface area contributed by atoms with E-state index in [1.807, 2.05) is 6.20 Å². The quantitative estimate of drug-likeness (QED) is 0.808. The zero-order valence-corrected chi connectivity index (χ0v) is 12.3. The first-order valence-corrected chi connectivity index (χ1v) is 7.01. The van der Waals surface area contributed by atoms with Crippen LogP contribution in [0.2, 0.25) is 0 Å². The molecular formula is C15H22ClN3O. The molecule has 1 atom stereocenters. The number of hydrogen-bond donors (Lipinski definition) is 3. The number of hydrogen-bond acceptors (Lipinski definition) is 3. The normalized spacial score (nSPS) is 17.9. The number of aliphatic hydroxyl groups is 1. The van der Waals surface area contributed by atoms with Crippen molar-refractivity contribution in [2.75, 3.05) is 32.8 Å². The number of nitrogens with zero attached hydrogens (tertiary/aromatic N) is 1. The fourth-order valence-corrected chi connectivity index (χ4v) is 2.96. The highest BCUT2D eigenvalue weighted by molar-refractivity contribution is 5.85. The van der Waals surface area contributed by atoms with Crippen molar-refractivity contribution in [3.63, 3.8) is 0 Å². The van der Waals surface area contributed by atoms with Crippen LogP contribution in [0.3, 0.4) is 0 Å². The molecule has 2 aromatic rings. The van der Waals surface area contributed by atoms with Gasteiger partial charge in [-0.2, -0.15) is 0 Å². The minimum Gasteiger partial charge on any atom is -0.396 e. The molecule has 1 aromatic heterocycles. The summed E-state index contributed by atoms with van der Waals surface area (Å²) in [5.74, 6) is 0. The van der Waals surface area contributed by atoms with Crippen LogP contribution in [-0.2, 0) is 0 Å². The molecule has 20 heavy (non-hydrogen) atoms. The molecule has 0 amide bonds. The Hall–Kier alpha value is -1.07. The lowest BCUT2D eigenvalue weighted by atomic mass is 10.00. The number of aromatic nitrogens is 1. The summed E-state index contributed by atoms with van der Waals surface area (Å²) in [6, 6.07) is 8.99. The van der Waals surface area contributed by atoms with Gasteiger partial charge in [0.1, 0.15) is 0 Å². The SMILES string of the molecule is Cl.OCC[C@@H](c1ccc2[nH]ccc2c1)N1CCNCC1. The predicted molar refractivity (Wildman–Crippen MR) is 84.4 cm³/mol. The van der Waals surface area contributed by atoms with Crippen LogP contribution in [0.5, 0.6) is 0 Å². The van der Waals surface area contributed by atoms with Crippen LogP contribution in [0.15, 0.2) is 30.5 Å². The van der Waals surface area contributed by atoms with Crippen LogP contribution in [0, 0.1) is 0 Å². The van der Waals surface area contributed by atoms with E-state index < -0.39 is 0 Å². The monoisotopic (exact) mass is 295 g/mol. The van der Waals surface area contributed by atoms with Crippen LogP contribution in [0.4, 0.5) is 0 Å². The Bertz CT molecular complexity index is 537. The van der Waals surface area contributed by atoms with Gasteiger partial charge in [0.2, 0.25) is 0 Å². The Morgan fingerprint density at radius 2 is 2.00 bits per heavy atom. The molecule has 1 aromatic carbocycles. The van der Waals surface area contributed by atoms with Crippen molar-refractivity contribution in [3.05, 3.63) is 36.0 Å². The van der Waals surface area contributed by atoms with E-state index in [-0.39, 0.29) is 19.0 Å². The van der Waals surface area contributed by atoms with Crippen LogP contribution in [0.25, 0.3) is 10.9 Å². The number of benzene rings is 1. The van der Waals surface area contributed by atoms with Gasteiger partial charge in [0.25, 0.3) is 0 Å². The van der Waals surface area contributed by atoms with E-state index in [1.165, 1.54) is 16.5 Å². The topological polar surface area (TPSA) is 51.3 Å². The lowest BCUT2D eigenvalue weighted by Gasteiger charge is -2.35. The molecule has 1 aliphatic rings. The molecule has 5 heteroatoms. The number of fused-ring (bicyclic) bond motifs is 1. The zero-order valence-electron chi connectivity index (χ0n) is 11.5. The first-order valence-electron chi connectivity index (χ1n) is 7.01. The van der Waals surface area contributed by atoms with Gasteiger partial charge in [-0.1, -0.05) is 6.07 Å². The van der Waals surface area contributed by atoms with Gasteiger partial charge in [-0.05, 0) is 35.6 Å². The molecule has 0 aliphatic carbocycles. The zero-order chi connectivity index (χ0) is 13.1. The minimum atomic E-state index is 0. The lowest BCUT2D eigenvalue weighted by molar-refractivity contribution is 0.141. The maximum absolute atomic E-state index is 9.35. The van der Waals surface area contributed by atoms with Crippen LogP contribution in [-0.4, -0.2) is 47.8 Å². The standard InChI is InChI=1S/C15H21N3O.ClH/c19-10-4-15(18-8-6-16-7-9-18)13-1-2-14-12(11-13)3-5-17-14;/h1-3,5,11,15-17,19H,4,6-10H2;1H/t15-;/m0./s1. The second-order valence-corrected chi connectivity index (χ2v) is 5.14. The average Bonchev–Trinajstić information content (AvgIpc) is 2.93. The van der Waals surface area contributed by atoms with E-state index in [0.717, 1.165) is 32.6 Å². The summed E-state index contributed by atoms with van der Waals surface area (Å²) in [6.07, 6.45) is 2.77. The summed E-state index contributed by atoms with van der Waals surface area (Å²) in [5.41, 5.74) is 2.48. The van der Waals surface area contributed by atoms with Gasteiger partial charge in [0.15, 0.2) is 0 Å². The van der Waals surface area contributed by atoms with Gasteiger partial charge in [-0.25, -0.2) is 0 Å². The number of aliphatic hydroxyl groups excluding tert-OH is 1. The maximum atomic E-state index is 9.35. The molecular weight excluding hydrogens is 274 g/mol. The smallest absolute Gasteiger partial charge is 0.0454 e. The lowest BCUT2D eigenvalue weighted by Crippen LogP contribution is -2.45. The Kier molecular flexibility index (Phi) is 5.43. The number of H-pyrrole nitrogens is 1. The Labute approximate surface area is 125 Å². The summed E-state index contributed by atoms with van der Waals surface area (Å²) in [6.45, 7) is 4.41. The molecule has 1 aliphatic heterocycles. The van der Waals surface area contributed by atoms with Crippen molar-refractivity contribution in [1.29, 1.82) is 0 Å². The number of nitrogens with one attached hydrogen (secondary N) is 2. The summed E-state index contributed by atoms with van der Waals surface area (Å²) < 4.78 is 0. The Morgan fingerprint density at radius 3 is 2.75 bits per heavy atom. The van der Waals surface area contributed by atoms with E-state index in [4.69, 9.17) is 0 Å². The molecule has 3 N–H and O–H groups in total. The second kappa shape index (κ2) is 7.09. The van der Waals surface area contributed by atoms with Crippen molar-refractivity contribution in [3.8, 4) is 0 Å². The van der Waals surface area contributed by atoms with Gasteiger partial charge in [-0.15, -0.1) is 12.4 Å². The van der Waals surface area contributed by atoms with E-state index in [2.05, 4.69) is 39.5 Å². The molecule has 3 rings (SSSR count). The van der Waals surface area contributed by atoms with Gasteiger partial charge < -0.3 is 15.4 Å². The van der Waals surface area contributed by atoms with Crippen molar-refractivity contribution >= 4 is 23.3 Å². The molecule has 0 unspecified atom stereocenters. The number of aromatic amines is 1. The number of halogens is 1. The second-order valence-electron chi connectivity index (χ2n) is 5.14. The van der Waals surface area contributed by atoms with E-state index >= 15 is 0 Å². The molecule has 2 heterocycles. The van der Waals surface area contributed by atoms with Gasteiger partial charge >= 0.3 is 0 Å². The predicted octanol–water partition coefficient (Wildman–Crippen LogP) is 1.92. The summed E-state index contributed by atoms with van der Waals surface area (Å²) in [4.78, 5) is 5.70. The first kappa shape index (κ1) is 15.3. The Morgan fingerprint density at radius 1 is 1.20 bits per heavy atom. The summed E-state index contributed by atoms with van der Waals surface area (Å²) >= 11 is 0. The third kappa shape index (κ3) is 3.15. The van der Waals surface area contributed by atoms with Gasteiger partial charge in [0.05, 0.1) is 0 Å². The third-order valence-electron chi connectivity index (χ3n) is 3.96. The van der Waals surface area contributed by atoms with E-state index in [9.17, 15) is 5.11 Å². The molecule has 0 spiro atoms. The Balaban J connectivity index is 0.00000147. The molecule has 0 saturated carbocycles. The molecule has 4 nitrogen and oxygen atoms in total. The highest BCUT2D eigenvalue weighted by Gasteiger charge is 2.21. The van der Waals surface area contributed by atoms with Crippen LogP contribution < -0.4 is 5.32 Å². The van der Waals surface area contributed by atoms with Crippen molar-refractivity contribution in [2.24, 2.45) is 0 Å². The van der Waals surface area contributed by atoms with Crippen molar-refractivity contribution < 1.29 is 5.11 Å². The summed E-state index contributed by atoms with van der Waals surface area (Å²) in [7, 11) is 0. The molecule has 110 valence electrons. The highest BCUT2D eigenvalue weighted by Crippen LogP contribution is 2.27. The molecule has 1 fully saturated rings. The van der Waals surface area contributed by atoms with Crippen LogP contribution in [0.1, 0.15) is 18.0 Å². The average molecular weight is 296 g/mol. The van der Waals surface area contributed by atoms with Gasteiger partial charge in [-0.3, -0.25) is 4.90 Å². The van der Waals surface area contributed by atoms with Gasteiger partial charge in [0, 0.05) is 50.5 Å². The third-order valence-corrected chi connectivity index (χ3v) is 3.96. The maximum Gasteiger partial charge on any atom is 0.0454 e. The van der Waals surface area contributed by atoms with Crippen molar-refractivity contribution in [1.82, 2.24) is 15.2 Å². The molecule has 1 saturated heterocycles. The number of piperazine rings is 1. The summed E-state index contributed by atoms with van der Waals surface area (Å²) in [5, 5.41) is 14.0. The minimum absolute atomic E-state index is 0. The highest BCUT2D eigenvalue weighted by atomic mass is 35.5. The fraction of sp³-hybridized carbons (Fsp3) is 0.467. The van der Waals surface area contributed by atoms with Crippen LogP contribution >= 0.6 is 12.4 Å².